The second-order valence-electron chi connectivity index (χ2n) is 7.62. The quantitative estimate of drug-likeness (QED) is 0.717. The van der Waals surface area contributed by atoms with E-state index >= 15 is 0 Å². The first-order chi connectivity index (χ1) is 14.8. The molecule has 0 N–H and O–H groups in total. The minimum Gasteiger partial charge on any atom is -0.377 e. The molecular formula is C23H40N2O5. The van der Waals surface area contributed by atoms with Gasteiger partial charge in [-0.25, -0.2) is 0 Å². The van der Waals surface area contributed by atoms with Crippen LogP contribution in [-0.4, -0.2) is 105 Å². The summed E-state index contributed by atoms with van der Waals surface area (Å²) in [7, 11) is 4.24. The molecule has 2 rings (SSSR count). The predicted molar refractivity (Wildman–Crippen MR) is 120 cm³/mol. The summed E-state index contributed by atoms with van der Waals surface area (Å²) in [6.45, 7) is 8.78. The summed E-state index contributed by atoms with van der Waals surface area (Å²) >= 11 is 0. The summed E-state index contributed by atoms with van der Waals surface area (Å²) < 4.78 is 28.0. The van der Waals surface area contributed by atoms with Gasteiger partial charge in [-0.3, -0.25) is 0 Å². The van der Waals surface area contributed by atoms with Crippen molar-refractivity contribution in [3.8, 4) is 0 Å². The fourth-order valence-corrected chi connectivity index (χ4v) is 3.17. The maximum Gasteiger partial charge on any atom is 0.0701 e. The third-order valence-electron chi connectivity index (χ3n) is 4.87. The van der Waals surface area contributed by atoms with Gasteiger partial charge in [-0.05, 0) is 51.2 Å². The van der Waals surface area contributed by atoms with Crippen LogP contribution in [0.5, 0.6) is 0 Å². The summed E-state index contributed by atoms with van der Waals surface area (Å²) in [5.74, 6) is 0. The Morgan fingerprint density at radius 1 is 0.667 bits per heavy atom. The summed E-state index contributed by atoms with van der Waals surface area (Å²) in [6.07, 6.45) is 2.28. The lowest BCUT2D eigenvalue weighted by atomic mass is 10.1. The Morgan fingerprint density at radius 3 is 1.53 bits per heavy atom. The fourth-order valence-electron chi connectivity index (χ4n) is 3.17. The van der Waals surface area contributed by atoms with Gasteiger partial charge in [0.25, 0.3) is 0 Å². The summed E-state index contributed by atoms with van der Waals surface area (Å²) in [5, 5.41) is 0. The Kier molecular flexibility index (Phi) is 13.7. The van der Waals surface area contributed by atoms with Crippen LogP contribution in [0.3, 0.4) is 0 Å². The van der Waals surface area contributed by atoms with Crippen LogP contribution in [0.25, 0.3) is 0 Å². The lowest BCUT2D eigenvalue weighted by molar-refractivity contribution is -0.0116. The van der Waals surface area contributed by atoms with Crippen LogP contribution in [0.4, 0.5) is 5.69 Å². The Bertz CT molecular complexity index is 509. The Labute approximate surface area is 182 Å². The van der Waals surface area contributed by atoms with Crippen LogP contribution in [0.1, 0.15) is 12.0 Å². The number of nitrogens with zero attached hydrogens (tertiary/aromatic N) is 2. The van der Waals surface area contributed by atoms with Crippen molar-refractivity contribution in [1.29, 1.82) is 0 Å². The molecule has 7 heteroatoms. The molecule has 172 valence electrons. The van der Waals surface area contributed by atoms with E-state index in [0.29, 0.717) is 66.1 Å². The van der Waals surface area contributed by atoms with Gasteiger partial charge in [-0.2, -0.15) is 0 Å². The molecule has 1 heterocycles. The molecule has 0 bridgehead atoms. The second kappa shape index (κ2) is 16.5. The molecule has 1 aliphatic heterocycles. The maximum absolute atomic E-state index is 5.76. The van der Waals surface area contributed by atoms with Crippen molar-refractivity contribution < 1.29 is 23.7 Å². The van der Waals surface area contributed by atoms with E-state index in [2.05, 4.69) is 48.2 Å². The zero-order chi connectivity index (χ0) is 21.3. The lowest BCUT2D eigenvalue weighted by Crippen LogP contribution is -2.31. The van der Waals surface area contributed by atoms with E-state index in [0.717, 1.165) is 26.1 Å². The SMILES string of the molecule is CN(C)CCCc1ccc(N2CCOCCOCCOCCOCCOCC2)cc1. The number of anilines is 1. The van der Waals surface area contributed by atoms with Crippen LogP contribution in [0.2, 0.25) is 0 Å². The van der Waals surface area contributed by atoms with Gasteiger partial charge in [0.1, 0.15) is 0 Å². The van der Waals surface area contributed by atoms with E-state index in [1.165, 1.54) is 17.7 Å². The van der Waals surface area contributed by atoms with Crippen molar-refractivity contribution in [2.75, 3.05) is 105 Å². The Balaban J connectivity index is 1.82. The summed E-state index contributed by atoms with van der Waals surface area (Å²) in [5.41, 5.74) is 2.59. The number of hydrogen-bond acceptors (Lipinski definition) is 7. The standard InChI is InChI=1S/C23H40N2O5/c1-24(2)9-3-4-22-5-7-23(8-6-22)25-10-12-26-14-16-28-18-20-30-21-19-29-17-15-27-13-11-25/h5-8H,3-4,9-21H2,1-2H3. The monoisotopic (exact) mass is 424 g/mol. The molecule has 0 spiro atoms. The van der Waals surface area contributed by atoms with Gasteiger partial charge in [0.15, 0.2) is 0 Å². The molecule has 1 aromatic carbocycles. The highest BCUT2D eigenvalue weighted by atomic mass is 16.6. The molecule has 0 saturated carbocycles. The van der Waals surface area contributed by atoms with E-state index in [-0.39, 0.29) is 0 Å². The minimum absolute atomic E-state index is 0.582. The largest absolute Gasteiger partial charge is 0.377 e. The first kappa shape index (κ1) is 25.0. The van der Waals surface area contributed by atoms with Gasteiger partial charge in [0.2, 0.25) is 0 Å². The molecule has 0 amide bonds. The van der Waals surface area contributed by atoms with Crippen molar-refractivity contribution in [2.45, 2.75) is 12.8 Å². The zero-order valence-corrected chi connectivity index (χ0v) is 18.9. The van der Waals surface area contributed by atoms with Gasteiger partial charge in [-0.15, -0.1) is 0 Å². The highest BCUT2D eigenvalue weighted by Gasteiger charge is 2.07. The molecule has 0 radical (unpaired) electrons. The third kappa shape index (κ3) is 11.8. The van der Waals surface area contributed by atoms with Gasteiger partial charge in [0, 0.05) is 18.8 Å². The van der Waals surface area contributed by atoms with Crippen molar-refractivity contribution in [3.05, 3.63) is 29.8 Å². The average molecular weight is 425 g/mol. The molecule has 30 heavy (non-hydrogen) atoms. The Morgan fingerprint density at radius 2 is 1.10 bits per heavy atom. The van der Waals surface area contributed by atoms with E-state index < -0.39 is 0 Å². The molecule has 1 saturated heterocycles. The Hall–Kier alpha value is -1.22. The van der Waals surface area contributed by atoms with Crippen LogP contribution < -0.4 is 4.90 Å². The number of benzene rings is 1. The minimum atomic E-state index is 0.582. The zero-order valence-electron chi connectivity index (χ0n) is 18.9. The van der Waals surface area contributed by atoms with Crippen molar-refractivity contribution in [1.82, 2.24) is 4.90 Å². The van der Waals surface area contributed by atoms with Crippen LogP contribution in [-0.2, 0) is 30.1 Å². The molecule has 0 atom stereocenters. The molecule has 0 unspecified atom stereocenters. The summed E-state index contributed by atoms with van der Waals surface area (Å²) in [6, 6.07) is 8.90. The van der Waals surface area contributed by atoms with Crippen molar-refractivity contribution in [2.24, 2.45) is 0 Å². The first-order valence-electron chi connectivity index (χ1n) is 11.1. The normalized spacial score (nSPS) is 19.4. The lowest BCUT2D eigenvalue weighted by Gasteiger charge is -2.25. The molecule has 1 fully saturated rings. The first-order valence-corrected chi connectivity index (χ1v) is 11.1. The maximum atomic E-state index is 5.76. The topological polar surface area (TPSA) is 52.6 Å². The van der Waals surface area contributed by atoms with Crippen LogP contribution in [0.15, 0.2) is 24.3 Å². The van der Waals surface area contributed by atoms with Gasteiger partial charge >= 0.3 is 0 Å². The molecule has 0 aliphatic carbocycles. The predicted octanol–water partition coefficient (Wildman–Crippen LogP) is 2.08. The number of hydrogen-bond donors (Lipinski definition) is 0. The summed E-state index contributed by atoms with van der Waals surface area (Å²) in [4.78, 5) is 4.55. The molecule has 1 aliphatic rings. The van der Waals surface area contributed by atoms with Crippen molar-refractivity contribution >= 4 is 5.69 Å². The van der Waals surface area contributed by atoms with Gasteiger partial charge in [0.05, 0.1) is 66.1 Å². The highest BCUT2D eigenvalue weighted by molar-refractivity contribution is 5.47. The average Bonchev–Trinajstić information content (AvgIpc) is 2.74. The third-order valence-corrected chi connectivity index (χ3v) is 4.87. The van der Waals surface area contributed by atoms with Crippen LogP contribution in [0, 0.1) is 0 Å². The van der Waals surface area contributed by atoms with E-state index in [1.807, 2.05) is 0 Å². The molecule has 0 aromatic heterocycles. The van der Waals surface area contributed by atoms with E-state index in [1.54, 1.807) is 0 Å². The van der Waals surface area contributed by atoms with Gasteiger partial charge < -0.3 is 33.5 Å². The molecular weight excluding hydrogens is 384 g/mol. The van der Waals surface area contributed by atoms with E-state index in [9.17, 15) is 0 Å². The number of aryl methyl sites for hydroxylation is 1. The van der Waals surface area contributed by atoms with Gasteiger partial charge in [-0.1, -0.05) is 12.1 Å². The number of rotatable bonds is 5. The second-order valence-corrected chi connectivity index (χ2v) is 7.62. The number of ether oxygens (including phenoxy) is 5. The van der Waals surface area contributed by atoms with Crippen LogP contribution >= 0.6 is 0 Å². The molecule has 1 aromatic rings. The fraction of sp³-hybridized carbons (Fsp3) is 0.739. The smallest absolute Gasteiger partial charge is 0.0701 e. The van der Waals surface area contributed by atoms with Crippen molar-refractivity contribution in [3.63, 3.8) is 0 Å². The molecule has 7 nitrogen and oxygen atoms in total. The van der Waals surface area contributed by atoms with E-state index in [4.69, 9.17) is 23.7 Å². The highest BCUT2D eigenvalue weighted by Crippen LogP contribution is 2.16.